The van der Waals surface area contributed by atoms with Crippen LogP contribution in [-0.4, -0.2) is 32.8 Å². The largest absolute Gasteiger partial charge is 0.301 e. The average molecular weight is 378 g/mol. The molecule has 2 aromatic rings. The number of carbonyl (C=O) groups is 1. The molecule has 1 amide bonds. The van der Waals surface area contributed by atoms with Gasteiger partial charge in [0, 0.05) is 16.2 Å². The summed E-state index contributed by atoms with van der Waals surface area (Å²) in [4.78, 5) is 22.7. The van der Waals surface area contributed by atoms with Crippen LogP contribution in [0.5, 0.6) is 0 Å². The summed E-state index contributed by atoms with van der Waals surface area (Å²) >= 11 is 4.82. The molecule has 3 rings (SSSR count). The van der Waals surface area contributed by atoms with E-state index in [-0.39, 0.29) is 11.2 Å². The lowest BCUT2D eigenvalue weighted by Crippen LogP contribution is -2.25. The van der Waals surface area contributed by atoms with E-state index in [1.807, 2.05) is 44.2 Å². The van der Waals surface area contributed by atoms with Gasteiger partial charge < -0.3 is 5.32 Å². The maximum atomic E-state index is 12.6. The van der Waals surface area contributed by atoms with Crippen LogP contribution in [0.4, 0.5) is 5.13 Å². The molecular formula is C17H19N3OS3. The number of thioether (sulfide) groups is 2. The molecule has 0 unspecified atom stereocenters. The number of rotatable bonds is 5. The van der Waals surface area contributed by atoms with Crippen molar-refractivity contribution in [3.8, 4) is 11.3 Å². The van der Waals surface area contributed by atoms with Crippen LogP contribution >= 0.6 is 34.9 Å². The van der Waals surface area contributed by atoms with Crippen molar-refractivity contribution in [1.29, 1.82) is 0 Å². The Labute approximate surface area is 154 Å². The Morgan fingerprint density at radius 2 is 2.17 bits per heavy atom. The van der Waals surface area contributed by atoms with E-state index in [0.717, 1.165) is 39.2 Å². The number of benzene rings is 1. The number of aliphatic imine (C=N–C) groups is 1. The molecule has 126 valence electrons. The van der Waals surface area contributed by atoms with Crippen molar-refractivity contribution in [2.24, 2.45) is 4.99 Å². The Kier molecular flexibility index (Phi) is 5.97. The molecule has 1 aliphatic heterocycles. The number of hydrogen-bond acceptors (Lipinski definition) is 6. The fraction of sp³-hybridized carbons (Fsp3) is 0.353. The third-order valence-corrected chi connectivity index (χ3v) is 6.99. The SMILES string of the molecule is CC[C@@H](SC1=NCCS1)C(=O)Nc1nc(-c2ccccc2)c(C)s1. The van der Waals surface area contributed by atoms with Gasteiger partial charge in [-0.3, -0.25) is 9.79 Å². The van der Waals surface area contributed by atoms with Crippen LogP contribution in [0.2, 0.25) is 0 Å². The smallest absolute Gasteiger partial charge is 0.239 e. The van der Waals surface area contributed by atoms with Crippen molar-refractivity contribution in [2.75, 3.05) is 17.6 Å². The second-order valence-electron chi connectivity index (χ2n) is 5.29. The summed E-state index contributed by atoms with van der Waals surface area (Å²) in [5.41, 5.74) is 2.01. The van der Waals surface area contributed by atoms with Gasteiger partial charge >= 0.3 is 0 Å². The van der Waals surface area contributed by atoms with Crippen LogP contribution in [0, 0.1) is 6.92 Å². The van der Waals surface area contributed by atoms with Gasteiger partial charge in [0.05, 0.1) is 17.5 Å². The first-order chi connectivity index (χ1) is 11.7. The second-order valence-corrected chi connectivity index (χ2v) is 9.03. The molecule has 1 aliphatic rings. The average Bonchev–Trinajstić information content (AvgIpc) is 3.23. The summed E-state index contributed by atoms with van der Waals surface area (Å²) in [6.45, 7) is 4.92. The number of amides is 1. The highest BCUT2D eigenvalue weighted by Crippen LogP contribution is 2.32. The number of anilines is 1. The van der Waals surface area contributed by atoms with Gasteiger partial charge in [0.25, 0.3) is 0 Å². The summed E-state index contributed by atoms with van der Waals surface area (Å²) in [6, 6.07) is 10.1. The standard InChI is InChI=1S/C17H19N3OS3/c1-3-13(24-17-18-9-10-22-17)15(21)20-16-19-14(11(2)23-16)12-7-5-4-6-8-12/h4-8,13H,3,9-10H2,1-2H3,(H,19,20,21)/t13-/m1/s1. The Bertz CT molecular complexity index is 743. The van der Waals surface area contributed by atoms with E-state index in [1.165, 1.54) is 11.3 Å². The van der Waals surface area contributed by atoms with E-state index in [4.69, 9.17) is 0 Å². The van der Waals surface area contributed by atoms with Gasteiger partial charge in [0.1, 0.15) is 4.38 Å². The zero-order chi connectivity index (χ0) is 16.9. The maximum absolute atomic E-state index is 12.6. The lowest BCUT2D eigenvalue weighted by Gasteiger charge is -2.12. The molecule has 0 saturated carbocycles. The number of carbonyl (C=O) groups excluding carboxylic acids is 1. The molecule has 0 bridgehead atoms. The van der Waals surface area contributed by atoms with Crippen LogP contribution in [0.25, 0.3) is 11.3 Å². The minimum Gasteiger partial charge on any atom is -0.301 e. The highest BCUT2D eigenvalue weighted by Gasteiger charge is 2.23. The summed E-state index contributed by atoms with van der Waals surface area (Å²) < 4.78 is 1.03. The van der Waals surface area contributed by atoms with Crippen LogP contribution in [-0.2, 0) is 4.79 Å². The maximum Gasteiger partial charge on any atom is 0.239 e. The monoisotopic (exact) mass is 377 g/mol. The van der Waals surface area contributed by atoms with Gasteiger partial charge in [-0.25, -0.2) is 4.98 Å². The molecule has 1 atom stereocenters. The molecule has 7 heteroatoms. The quantitative estimate of drug-likeness (QED) is 0.822. The van der Waals surface area contributed by atoms with E-state index in [1.54, 1.807) is 23.5 Å². The third kappa shape index (κ3) is 4.20. The summed E-state index contributed by atoms with van der Waals surface area (Å²) in [5.74, 6) is 1.03. The first-order valence-electron chi connectivity index (χ1n) is 7.85. The van der Waals surface area contributed by atoms with Gasteiger partial charge in [-0.1, -0.05) is 60.8 Å². The fourth-order valence-electron chi connectivity index (χ4n) is 2.33. The minimum absolute atomic E-state index is 0.00561. The van der Waals surface area contributed by atoms with Crippen molar-refractivity contribution in [1.82, 2.24) is 4.98 Å². The molecule has 2 heterocycles. The number of nitrogens with one attached hydrogen (secondary N) is 1. The van der Waals surface area contributed by atoms with Crippen LogP contribution < -0.4 is 5.32 Å². The lowest BCUT2D eigenvalue weighted by molar-refractivity contribution is -0.115. The number of thiazole rings is 1. The van der Waals surface area contributed by atoms with E-state index in [0.29, 0.717) is 5.13 Å². The first kappa shape index (κ1) is 17.5. The Morgan fingerprint density at radius 1 is 1.38 bits per heavy atom. The summed E-state index contributed by atoms with van der Waals surface area (Å²) in [6.07, 6.45) is 0.770. The second kappa shape index (κ2) is 8.18. The molecule has 0 saturated heterocycles. The topological polar surface area (TPSA) is 54.4 Å². The van der Waals surface area contributed by atoms with Crippen molar-refractivity contribution in [3.05, 3.63) is 35.2 Å². The van der Waals surface area contributed by atoms with Crippen LogP contribution in [0.3, 0.4) is 0 Å². The first-order valence-corrected chi connectivity index (χ1v) is 10.5. The molecule has 1 N–H and O–H groups in total. The summed E-state index contributed by atoms with van der Waals surface area (Å²) in [7, 11) is 0. The van der Waals surface area contributed by atoms with E-state index < -0.39 is 0 Å². The number of aromatic nitrogens is 1. The number of aryl methyl sites for hydroxylation is 1. The zero-order valence-electron chi connectivity index (χ0n) is 13.6. The fourth-order valence-corrected chi connectivity index (χ4v) is 5.32. The molecule has 24 heavy (non-hydrogen) atoms. The van der Waals surface area contributed by atoms with Crippen molar-refractivity contribution in [3.63, 3.8) is 0 Å². The van der Waals surface area contributed by atoms with Crippen molar-refractivity contribution in [2.45, 2.75) is 25.5 Å². The van der Waals surface area contributed by atoms with Gasteiger partial charge in [0.2, 0.25) is 5.91 Å². The Morgan fingerprint density at radius 3 is 2.83 bits per heavy atom. The third-order valence-electron chi connectivity index (χ3n) is 3.54. The Hall–Kier alpha value is -1.31. The van der Waals surface area contributed by atoms with E-state index >= 15 is 0 Å². The molecule has 0 aliphatic carbocycles. The van der Waals surface area contributed by atoms with Crippen molar-refractivity contribution >= 4 is 50.3 Å². The molecule has 0 radical (unpaired) electrons. The highest BCUT2D eigenvalue weighted by atomic mass is 32.2. The molecule has 0 fully saturated rings. The summed E-state index contributed by atoms with van der Waals surface area (Å²) in [5, 5.41) is 3.52. The lowest BCUT2D eigenvalue weighted by atomic mass is 10.1. The number of nitrogens with zero attached hydrogens (tertiary/aromatic N) is 2. The van der Waals surface area contributed by atoms with Gasteiger partial charge in [-0.2, -0.15) is 0 Å². The van der Waals surface area contributed by atoms with Crippen molar-refractivity contribution < 1.29 is 4.79 Å². The molecule has 1 aromatic heterocycles. The normalized spacial score (nSPS) is 15.2. The Balaban J connectivity index is 1.70. The predicted molar refractivity (Wildman–Crippen MR) is 107 cm³/mol. The van der Waals surface area contributed by atoms with E-state index in [9.17, 15) is 4.79 Å². The molecule has 0 spiro atoms. The van der Waals surface area contributed by atoms with Gasteiger partial charge in [-0.15, -0.1) is 11.3 Å². The molecular weight excluding hydrogens is 358 g/mol. The number of hydrogen-bond donors (Lipinski definition) is 1. The van der Waals surface area contributed by atoms with Gasteiger partial charge in [0.15, 0.2) is 5.13 Å². The van der Waals surface area contributed by atoms with Crippen LogP contribution in [0.1, 0.15) is 18.2 Å². The molecule has 1 aromatic carbocycles. The predicted octanol–water partition coefficient (Wildman–Crippen LogP) is 4.67. The minimum atomic E-state index is -0.126. The van der Waals surface area contributed by atoms with Crippen LogP contribution in [0.15, 0.2) is 35.3 Å². The van der Waals surface area contributed by atoms with E-state index in [2.05, 4.69) is 15.3 Å². The highest BCUT2D eigenvalue weighted by molar-refractivity contribution is 8.39. The van der Waals surface area contributed by atoms with Gasteiger partial charge in [-0.05, 0) is 13.3 Å². The zero-order valence-corrected chi connectivity index (χ0v) is 16.1. The molecule has 4 nitrogen and oxygen atoms in total.